The molecular formula is C14H12N2O6. The molecule has 0 saturated carbocycles. The average molecular weight is 304 g/mol. The van der Waals surface area contributed by atoms with E-state index < -0.39 is 18.0 Å². The molecule has 8 heteroatoms. The summed E-state index contributed by atoms with van der Waals surface area (Å²) in [6.07, 6.45) is 1.27. The number of carbonyl (C=O) groups is 2. The number of carboxylic acids is 1. The number of rotatable bonds is 3. The van der Waals surface area contributed by atoms with E-state index in [-0.39, 0.29) is 11.5 Å². The second-order valence-corrected chi connectivity index (χ2v) is 4.50. The zero-order valence-corrected chi connectivity index (χ0v) is 11.8. The topological polar surface area (TPSA) is 97.7 Å². The van der Waals surface area contributed by atoms with Gasteiger partial charge in [-0.15, -0.1) is 0 Å². The van der Waals surface area contributed by atoms with Crippen molar-refractivity contribution >= 4 is 23.3 Å². The highest BCUT2D eigenvalue weighted by molar-refractivity contribution is 6.44. The molecule has 2 aliphatic rings. The lowest BCUT2D eigenvalue weighted by molar-refractivity contribution is -0.139. The fourth-order valence-corrected chi connectivity index (χ4v) is 2.41. The summed E-state index contributed by atoms with van der Waals surface area (Å²) in [5, 5.41) is 9.49. The standard InChI is InChI=1S/C14H12N2O6/c1-20-8-5-3-4-7-12(8)22-6-9-15-10(14(19)21-2)11(13(17)18)16(7)9/h3-6,11H,1-2H3,(H,17,18). The van der Waals surface area contributed by atoms with Crippen molar-refractivity contribution in [2.75, 3.05) is 19.1 Å². The van der Waals surface area contributed by atoms with Crippen LogP contribution in [0.3, 0.4) is 0 Å². The number of carbonyl (C=O) groups excluding carboxylic acids is 1. The van der Waals surface area contributed by atoms with Gasteiger partial charge in [0, 0.05) is 0 Å². The Labute approximate surface area is 125 Å². The van der Waals surface area contributed by atoms with Crippen LogP contribution in [0.2, 0.25) is 0 Å². The summed E-state index contributed by atoms with van der Waals surface area (Å²) >= 11 is 0. The monoisotopic (exact) mass is 304 g/mol. The molecule has 0 radical (unpaired) electrons. The van der Waals surface area contributed by atoms with Gasteiger partial charge in [0.2, 0.25) is 0 Å². The van der Waals surface area contributed by atoms with Crippen molar-refractivity contribution in [2.45, 2.75) is 6.04 Å². The summed E-state index contributed by atoms with van der Waals surface area (Å²) in [7, 11) is 2.65. The summed E-state index contributed by atoms with van der Waals surface area (Å²) in [5.74, 6) is -0.992. The Morgan fingerprint density at radius 3 is 2.77 bits per heavy atom. The van der Waals surface area contributed by atoms with Gasteiger partial charge in [-0.3, -0.25) is 0 Å². The summed E-state index contributed by atoms with van der Waals surface area (Å²) in [4.78, 5) is 28.8. The Morgan fingerprint density at radius 2 is 2.14 bits per heavy atom. The van der Waals surface area contributed by atoms with Gasteiger partial charge < -0.3 is 24.2 Å². The number of aliphatic carboxylic acids is 1. The van der Waals surface area contributed by atoms with E-state index in [0.29, 0.717) is 17.2 Å². The smallest absolute Gasteiger partial charge is 0.355 e. The first-order valence-corrected chi connectivity index (χ1v) is 6.31. The van der Waals surface area contributed by atoms with E-state index in [9.17, 15) is 14.7 Å². The molecule has 1 aromatic carbocycles. The van der Waals surface area contributed by atoms with Crippen LogP contribution in [0.4, 0.5) is 5.69 Å². The highest BCUT2D eigenvalue weighted by atomic mass is 16.5. The van der Waals surface area contributed by atoms with Crippen molar-refractivity contribution in [1.29, 1.82) is 0 Å². The molecule has 0 spiro atoms. The fourth-order valence-electron chi connectivity index (χ4n) is 2.41. The largest absolute Gasteiger partial charge is 0.493 e. The van der Waals surface area contributed by atoms with Crippen LogP contribution >= 0.6 is 0 Å². The number of carboxylic acid groups (broad SMARTS) is 1. The van der Waals surface area contributed by atoms with Gasteiger partial charge in [-0.1, -0.05) is 6.07 Å². The Balaban J connectivity index is 2.13. The Morgan fingerprint density at radius 1 is 1.36 bits per heavy atom. The predicted molar refractivity (Wildman–Crippen MR) is 75.1 cm³/mol. The van der Waals surface area contributed by atoms with Crippen LogP contribution in [0.25, 0.3) is 0 Å². The number of nitrogens with zero attached hydrogens (tertiary/aromatic N) is 2. The van der Waals surface area contributed by atoms with Gasteiger partial charge >= 0.3 is 11.9 Å². The number of ether oxygens (including phenoxy) is 3. The molecule has 0 aliphatic carbocycles. The van der Waals surface area contributed by atoms with Crippen LogP contribution in [-0.4, -0.2) is 43.0 Å². The summed E-state index contributed by atoms with van der Waals surface area (Å²) in [6.45, 7) is 0. The van der Waals surface area contributed by atoms with E-state index in [1.165, 1.54) is 25.4 Å². The van der Waals surface area contributed by atoms with Gasteiger partial charge in [0.25, 0.3) is 0 Å². The molecule has 0 saturated heterocycles. The average Bonchev–Trinajstić information content (AvgIpc) is 2.93. The molecule has 114 valence electrons. The maximum Gasteiger partial charge on any atom is 0.355 e. The minimum atomic E-state index is -1.28. The molecule has 0 amide bonds. The molecule has 22 heavy (non-hydrogen) atoms. The van der Waals surface area contributed by atoms with Crippen molar-refractivity contribution in [3.63, 3.8) is 0 Å². The van der Waals surface area contributed by atoms with E-state index in [2.05, 4.69) is 9.73 Å². The highest BCUT2D eigenvalue weighted by Gasteiger charge is 2.45. The molecule has 1 unspecified atom stereocenters. The van der Waals surface area contributed by atoms with Crippen LogP contribution in [0.15, 0.2) is 35.3 Å². The third-order valence-electron chi connectivity index (χ3n) is 3.35. The molecule has 8 nitrogen and oxygen atoms in total. The molecule has 0 fully saturated rings. The molecule has 1 atom stereocenters. The van der Waals surface area contributed by atoms with Gasteiger partial charge in [0.15, 0.2) is 29.1 Å². The van der Waals surface area contributed by atoms with Crippen molar-refractivity contribution in [1.82, 2.24) is 0 Å². The van der Waals surface area contributed by atoms with Crippen LogP contribution in [0, 0.1) is 0 Å². The summed E-state index contributed by atoms with van der Waals surface area (Å²) in [5.41, 5.74) is 0.243. The molecule has 1 N–H and O–H groups in total. The number of hydrogen-bond acceptors (Lipinski definition) is 7. The number of esters is 1. The normalized spacial score (nSPS) is 18.5. The van der Waals surface area contributed by atoms with E-state index in [1.54, 1.807) is 18.2 Å². The summed E-state index contributed by atoms with van der Waals surface area (Å²) in [6, 6.07) is 3.76. The molecule has 1 aromatic rings. The third kappa shape index (κ3) is 1.88. The SMILES string of the molecule is COC(=O)C1=NC2=COc3c(OC)cccc3N2C1C(=O)O. The van der Waals surface area contributed by atoms with Crippen molar-refractivity contribution in [2.24, 2.45) is 4.99 Å². The molecule has 3 rings (SSSR count). The number of fused-ring (bicyclic) bond motifs is 3. The second-order valence-electron chi connectivity index (χ2n) is 4.50. The molecule has 0 bridgehead atoms. The van der Waals surface area contributed by atoms with Crippen molar-refractivity contribution < 1.29 is 28.9 Å². The first-order chi connectivity index (χ1) is 10.6. The first-order valence-electron chi connectivity index (χ1n) is 6.31. The molecule has 2 heterocycles. The molecular weight excluding hydrogens is 292 g/mol. The maximum absolute atomic E-state index is 11.8. The quantitative estimate of drug-likeness (QED) is 0.824. The lowest BCUT2D eigenvalue weighted by Gasteiger charge is -2.29. The van der Waals surface area contributed by atoms with Crippen molar-refractivity contribution in [3.05, 3.63) is 30.3 Å². The highest BCUT2D eigenvalue weighted by Crippen LogP contribution is 2.44. The van der Waals surface area contributed by atoms with Gasteiger partial charge in [-0.2, -0.15) is 0 Å². The number of aliphatic imine (C=N–C) groups is 1. The molecule has 0 aromatic heterocycles. The van der Waals surface area contributed by atoms with Crippen LogP contribution in [0.5, 0.6) is 11.5 Å². The zero-order chi connectivity index (χ0) is 15.9. The van der Waals surface area contributed by atoms with E-state index >= 15 is 0 Å². The van der Waals surface area contributed by atoms with Gasteiger partial charge in [0.1, 0.15) is 6.26 Å². The number of para-hydroxylation sites is 1. The number of benzene rings is 1. The Bertz CT molecular complexity index is 724. The van der Waals surface area contributed by atoms with Gasteiger partial charge in [-0.25, -0.2) is 14.6 Å². The Kier molecular flexibility index (Phi) is 3.21. The third-order valence-corrected chi connectivity index (χ3v) is 3.35. The minimum Gasteiger partial charge on any atom is -0.493 e. The number of methoxy groups -OCH3 is 2. The first kappa shape index (κ1) is 13.9. The van der Waals surface area contributed by atoms with Crippen molar-refractivity contribution in [3.8, 4) is 11.5 Å². The van der Waals surface area contributed by atoms with Gasteiger partial charge in [0.05, 0.1) is 19.9 Å². The van der Waals surface area contributed by atoms with Crippen LogP contribution in [-0.2, 0) is 14.3 Å². The fraction of sp³-hybridized carbons (Fsp3) is 0.214. The lowest BCUT2D eigenvalue weighted by atomic mass is 10.1. The lowest BCUT2D eigenvalue weighted by Crippen LogP contribution is -2.45. The summed E-state index contributed by atoms with van der Waals surface area (Å²) < 4.78 is 15.3. The van der Waals surface area contributed by atoms with Crippen LogP contribution < -0.4 is 14.4 Å². The van der Waals surface area contributed by atoms with E-state index in [1.807, 2.05) is 0 Å². The van der Waals surface area contributed by atoms with E-state index in [0.717, 1.165) is 0 Å². The van der Waals surface area contributed by atoms with Gasteiger partial charge in [-0.05, 0) is 12.1 Å². The number of hydrogen-bond donors (Lipinski definition) is 1. The maximum atomic E-state index is 11.8. The molecule has 2 aliphatic heterocycles. The van der Waals surface area contributed by atoms with E-state index in [4.69, 9.17) is 9.47 Å². The zero-order valence-electron chi connectivity index (χ0n) is 11.8. The Hall–Kier alpha value is -3.03. The minimum absolute atomic E-state index is 0.208. The number of anilines is 1. The predicted octanol–water partition coefficient (Wildman–Crippen LogP) is 0.774. The van der Waals surface area contributed by atoms with Crippen LogP contribution in [0.1, 0.15) is 0 Å². The second kappa shape index (κ2) is 5.06.